The molecule has 24 heavy (non-hydrogen) atoms. The van der Waals surface area contributed by atoms with E-state index in [9.17, 15) is 4.79 Å². The second-order valence-corrected chi connectivity index (χ2v) is 6.24. The molecule has 0 atom stereocenters. The Labute approximate surface area is 141 Å². The van der Waals surface area contributed by atoms with Gasteiger partial charge in [-0.05, 0) is 37.1 Å². The Morgan fingerprint density at radius 1 is 1.25 bits per heavy atom. The van der Waals surface area contributed by atoms with Gasteiger partial charge < -0.3 is 9.73 Å². The molecule has 1 N–H and O–H groups in total. The minimum absolute atomic E-state index is 0.144. The van der Waals surface area contributed by atoms with E-state index in [-0.39, 0.29) is 5.91 Å². The average Bonchev–Trinajstić information content (AvgIpc) is 3.22. The molecule has 0 saturated heterocycles. The maximum absolute atomic E-state index is 12.6. The third-order valence-electron chi connectivity index (χ3n) is 3.67. The largest absolute Gasteiger partial charge is 0.463 e. The zero-order valence-electron chi connectivity index (χ0n) is 14.1. The van der Waals surface area contributed by atoms with Crippen LogP contribution in [0.1, 0.15) is 29.9 Å². The van der Waals surface area contributed by atoms with Crippen LogP contribution < -0.4 is 5.32 Å². The van der Waals surface area contributed by atoms with Crippen molar-refractivity contribution in [3.8, 4) is 17.1 Å². The van der Waals surface area contributed by atoms with Gasteiger partial charge in [0.1, 0.15) is 11.4 Å². The lowest BCUT2D eigenvalue weighted by molar-refractivity contribution is 0.0941. The monoisotopic (exact) mass is 323 g/mol. The van der Waals surface area contributed by atoms with Crippen LogP contribution in [0.3, 0.4) is 0 Å². The first kappa shape index (κ1) is 16.1. The fourth-order valence-corrected chi connectivity index (χ4v) is 2.36. The lowest BCUT2D eigenvalue weighted by Gasteiger charge is -2.10. The Hall–Kier alpha value is -2.82. The molecule has 0 unspecified atom stereocenters. The van der Waals surface area contributed by atoms with Crippen LogP contribution in [-0.4, -0.2) is 22.2 Å². The summed E-state index contributed by atoms with van der Waals surface area (Å²) in [6, 6.07) is 13.3. The number of aryl methyl sites for hydroxylation is 1. The van der Waals surface area contributed by atoms with Crippen LogP contribution in [0.25, 0.3) is 17.1 Å². The molecule has 1 amide bonds. The van der Waals surface area contributed by atoms with E-state index in [1.54, 1.807) is 23.1 Å². The predicted molar refractivity (Wildman–Crippen MR) is 93.2 cm³/mol. The van der Waals surface area contributed by atoms with Crippen LogP contribution in [0.15, 0.2) is 53.1 Å². The van der Waals surface area contributed by atoms with E-state index >= 15 is 0 Å². The third-order valence-corrected chi connectivity index (χ3v) is 3.67. The molecule has 2 heterocycles. The summed E-state index contributed by atoms with van der Waals surface area (Å²) in [4.78, 5) is 12.6. The van der Waals surface area contributed by atoms with Crippen molar-refractivity contribution in [3.63, 3.8) is 0 Å². The van der Waals surface area contributed by atoms with Gasteiger partial charge in [-0.1, -0.05) is 31.5 Å². The first-order valence-corrected chi connectivity index (χ1v) is 8.04. The van der Waals surface area contributed by atoms with E-state index in [0.717, 1.165) is 11.3 Å². The highest BCUT2D eigenvalue weighted by molar-refractivity contribution is 5.94. The molecule has 0 aliphatic carbocycles. The predicted octanol–water partition coefficient (Wildman–Crippen LogP) is 3.83. The molecule has 0 radical (unpaired) electrons. The number of rotatable bonds is 5. The van der Waals surface area contributed by atoms with Crippen LogP contribution in [0.2, 0.25) is 0 Å². The highest BCUT2D eigenvalue weighted by Gasteiger charge is 2.18. The molecule has 2 aromatic heterocycles. The minimum atomic E-state index is -0.144. The number of hydrogen-bond acceptors (Lipinski definition) is 3. The van der Waals surface area contributed by atoms with Gasteiger partial charge in [0, 0.05) is 12.6 Å². The number of carbonyl (C=O) groups is 1. The molecule has 3 rings (SSSR count). The summed E-state index contributed by atoms with van der Waals surface area (Å²) in [5.74, 6) is 0.877. The van der Waals surface area contributed by atoms with Crippen molar-refractivity contribution in [2.75, 3.05) is 6.54 Å². The normalized spacial score (nSPS) is 11.0. The Bertz CT molecular complexity index is 815. The van der Waals surface area contributed by atoms with E-state index < -0.39 is 0 Å². The van der Waals surface area contributed by atoms with Crippen LogP contribution in [0.4, 0.5) is 0 Å². The van der Waals surface area contributed by atoms with E-state index in [4.69, 9.17) is 4.42 Å². The van der Waals surface area contributed by atoms with Gasteiger partial charge in [0.2, 0.25) is 0 Å². The van der Waals surface area contributed by atoms with Crippen LogP contribution in [-0.2, 0) is 0 Å². The maximum Gasteiger partial charge on any atom is 0.270 e. The molecule has 0 bridgehead atoms. The summed E-state index contributed by atoms with van der Waals surface area (Å²) in [6.45, 7) is 6.77. The smallest absolute Gasteiger partial charge is 0.270 e. The number of furan rings is 1. The Morgan fingerprint density at radius 3 is 2.62 bits per heavy atom. The number of nitrogens with one attached hydrogen (secondary N) is 1. The molecule has 5 nitrogen and oxygen atoms in total. The second kappa shape index (κ2) is 6.74. The molecule has 5 heteroatoms. The molecule has 124 valence electrons. The van der Waals surface area contributed by atoms with Crippen LogP contribution in [0.5, 0.6) is 0 Å². The summed E-state index contributed by atoms with van der Waals surface area (Å²) in [5.41, 5.74) is 3.12. The van der Waals surface area contributed by atoms with Crippen molar-refractivity contribution in [2.24, 2.45) is 5.92 Å². The van der Waals surface area contributed by atoms with Crippen molar-refractivity contribution >= 4 is 5.91 Å². The fraction of sp³-hybridized carbons (Fsp3) is 0.263. The number of benzene rings is 1. The topological polar surface area (TPSA) is 60.1 Å². The van der Waals surface area contributed by atoms with Gasteiger partial charge in [-0.15, -0.1) is 0 Å². The van der Waals surface area contributed by atoms with Crippen LogP contribution in [0, 0.1) is 12.8 Å². The van der Waals surface area contributed by atoms with Gasteiger partial charge in [-0.3, -0.25) is 4.79 Å². The lowest BCUT2D eigenvalue weighted by Crippen LogP contribution is -2.29. The quantitative estimate of drug-likeness (QED) is 0.776. The maximum atomic E-state index is 12.6. The fourth-order valence-electron chi connectivity index (χ4n) is 2.36. The van der Waals surface area contributed by atoms with E-state index in [1.165, 1.54) is 0 Å². The molecule has 0 fully saturated rings. The van der Waals surface area contributed by atoms with Gasteiger partial charge in [0.05, 0.1) is 12.0 Å². The molecule has 3 aromatic rings. The number of carbonyl (C=O) groups excluding carboxylic acids is 1. The Balaban J connectivity index is 2.01. The van der Waals surface area contributed by atoms with Crippen molar-refractivity contribution in [1.82, 2.24) is 15.1 Å². The molecular formula is C19H21N3O2. The van der Waals surface area contributed by atoms with Crippen molar-refractivity contribution in [2.45, 2.75) is 20.8 Å². The first-order valence-electron chi connectivity index (χ1n) is 8.04. The highest BCUT2D eigenvalue weighted by Crippen LogP contribution is 2.22. The summed E-state index contributed by atoms with van der Waals surface area (Å²) in [6.07, 6.45) is 1.60. The molecule has 0 aliphatic heterocycles. The average molecular weight is 323 g/mol. The molecule has 0 spiro atoms. The van der Waals surface area contributed by atoms with Gasteiger partial charge in [-0.2, -0.15) is 5.10 Å². The van der Waals surface area contributed by atoms with E-state index in [1.807, 2.05) is 37.3 Å². The zero-order chi connectivity index (χ0) is 17.1. The Morgan fingerprint density at radius 2 is 2.00 bits per heavy atom. The molecule has 0 saturated carbocycles. The molecular weight excluding hydrogens is 302 g/mol. The van der Waals surface area contributed by atoms with Gasteiger partial charge >= 0.3 is 0 Å². The standard InChI is InChI=1S/C19H21N3O2/c1-13(2)12-20-19(23)17-11-16(18-5-4-10-24-18)21-22(17)15-8-6-14(3)7-9-15/h4-11,13H,12H2,1-3H3,(H,20,23). The van der Waals surface area contributed by atoms with E-state index in [0.29, 0.717) is 29.6 Å². The van der Waals surface area contributed by atoms with Gasteiger partial charge in [0.25, 0.3) is 5.91 Å². The second-order valence-electron chi connectivity index (χ2n) is 6.24. The number of amides is 1. The number of nitrogens with zero attached hydrogens (tertiary/aromatic N) is 2. The highest BCUT2D eigenvalue weighted by atomic mass is 16.3. The van der Waals surface area contributed by atoms with Crippen molar-refractivity contribution < 1.29 is 9.21 Å². The summed E-state index contributed by atoms with van der Waals surface area (Å²) >= 11 is 0. The van der Waals surface area contributed by atoms with Crippen LogP contribution >= 0.6 is 0 Å². The third kappa shape index (κ3) is 3.40. The zero-order valence-corrected chi connectivity index (χ0v) is 14.1. The SMILES string of the molecule is Cc1ccc(-n2nc(-c3ccco3)cc2C(=O)NCC(C)C)cc1. The first-order chi connectivity index (χ1) is 11.5. The summed E-state index contributed by atoms with van der Waals surface area (Å²) < 4.78 is 7.07. The summed E-state index contributed by atoms with van der Waals surface area (Å²) in [5, 5.41) is 7.51. The number of aromatic nitrogens is 2. The summed E-state index contributed by atoms with van der Waals surface area (Å²) in [7, 11) is 0. The minimum Gasteiger partial charge on any atom is -0.463 e. The molecule has 1 aromatic carbocycles. The van der Waals surface area contributed by atoms with Gasteiger partial charge in [0.15, 0.2) is 5.76 Å². The Kier molecular flexibility index (Phi) is 4.51. The molecule has 0 aliphatic rings. The number of hydrogen-bond donors (Lipinski definition) is 1. The van der Waals surface area contributed by atoms with Crippen molar-refractivity contribution in [3.05, 3.63) is 60.0 Å². The lowest BCUT2D eigenvalue weighted by atomic mass is 10.2. The van der Waals surface area contributed by atoms with Crippen molar-refractivity contribution in [1.29, 1.82) is 0 Å². The van der Waals surface area contributed by atoms with E-state index in [2.05, 4.69) is 24.3 Å². The van der Waals surface area contributed by atoms with Gasteiger partial charge in [-0.25, -0.2) is 4.68 Å².